The predicted molar refractivity (Wildman–Crippen MR) is 58.2 cm³/mol. The monoisotopic (exact) mass is 225 g/mol. The van der Waals surface area contributed by atoms with E-state index in [0.717, 1.165) is 12.0 Å². The van der Waals surface area contributed by atoms with Gasteiger partial charge in [0.05, 0.1) is 12.7 Å². The normalized spacial score (nSPS) is 29.6. The Balaban J connectivity index is 2.12. The molecule has 0 radical (unpaired) electrons. The molecule has 2 N–H and O–H groups in total. The van der Waals surface area contributed by atoms with Crippen LogP contribution in [0, 0.1) is 5.82 Å². The summed E-state index contributed by atoms with van der Waals surface area (Å²) in [5.41, 5.74) is 6.30. The lowest BCUT2D eigenvalue weighted by atomic mass is 10.1. The molecule has 0 bridgehead atoms. The Morgan fingerprint density at radius 3 is 2.75 bits per heavy atom. The Labute approximate surface area is 94.3 Å². The number of ether oxygens (including phenoxy) is 2. The Bertz CT molecular complexity index is 355. The van der Waals surface area contributed by atoms with E-state index in [-0.39, 0.29) is 11.9 Å². The summed E-state index contributed by atoms with van der Waals surface area (Å²) in [6.07, 6.45) is 0.802. The van der Waals surface area contributed by atoms with Crippen molar-refractivity contribution in [3.8, 4) is 0 Å². The summed E-state index contributed by atoms with van der Waals surface area (Å²) in [4.78, 5) is 0. The molecular weight excluding hydrogens is 209 g/mol. The van der Waals surface area contributed by atoms with E-state index in [2.05, 4.69) is 0 Å². The highest BCUT2D eigenvalue weighted by atomic mass is 19.1. The zero-order valence-corrected chi connectivity index (χ0v) is 9.28. The van der Waals surface area contributed by atoms with Crippen molar-refractivity contribution in [2.24, 2.45) is 5.73 Å². The number of nitrogens with two attached hydrogens (primary N) is 1. The minimum Gasteiger partial charge on any atom is -0.343 e. The lowest BCUT2D eigenvalue weighted by Gasteiger charge is -2.23. The molecular formula is C12H16FNO2. The molecule has 0 saturated carbocycles. The maximum atomic E-state index is 12.8. The zero-order chi connectivity index (χ0) is 11.6. The standard InChI is InChI=1S/C12H16FNO2/c1-12(9-2-4-10(13)5-3-9)15-8-11(16-12)6-7-14/h2-5,11H,6-8,14H2,1H3. The molecule has 0 aromatic heterocycles. The first-order valence-corrected chi connectivity index (χ1v) is 5.42. The molecule has 1 aromatic carbocycles. The van der Waals surface area contributed by atoms with E-state index in [1.165, 1.54) is 12.1 Å². The van der Waals surface area contributed by atoms with Crippen molar-refractivity contribution in [3.05, 3.63) is 35.6 Å². The fourth-order valence-electron chi connectivity index (χ4n) is 1.87. The molecule has 3 nitrogen and oxygen atoms in total. The van der Waals surface area contributed by atoms with Crippen LogP contribution in [-0.4, -0.2) is 19.3 Å². The molecule has 4 heteroatoms. The zero-order valence-electron chi connectivity index (χ0n) is 9.28. The van der Waals surface area contributed by atoms with E-state index in [9.17, 15) is 4.39 Å². The maximum absolute atomic E-state index is 12.8. The number of halogens is 1. The van der Waals surface area contributed by atoms with Crippen molar-refractivity contribution in [1.29, 1.82) is 0 Å². The van der Waals surface area contributed by atoms with E-state index in [1.807, 2.05) is 6.92 Å². The van der Waals surface area contributed by atoms with Gasteiger partial charge in [0.1, 0.15) is 5.82 Å². The first-order chi connectivity index (χ1) is 7.64. The average molecular weight is 225 g/mol. The van der Waals surface area contributed by atoms with Crippen molar-refractivity contribution < 1.29 is 13.9 Å². The maximum Gasteiger partial charge on any atom is 0.192 e. The van der Waals surface area contributed by atoms with E-state index in [0.29, 0.717) is 13.2 Å². The van der Waals surface area contributed by atoms with Gasteiger partial charge in [-0.3, -0.25) is 0 Å². The molecule has 1 aliphatic rings. The molecule has 2 atom stereocenters. The summed E-state index contributed by atoms with van der Waals surface area (Å²) in [7, 11) is 0. The average Bonchev–Trinajstić information content (AvgIpc) is 2.63. The largest absolute Gasteiger partial charge is 0.343 e. The predicted octanol–water partition coefficient (Wildman–Crippen LogP) is 1.76. The molecule has 0 spiro atoms. The second-order valence-corrected chi connectivity index (χ2v) is 4.08. The van der Waals surface area contributed by atoms with E-state index < -0.39 is 5.79 Å². The Kier molecular flexibility index (Phi) is 3.23. The lowest BCUT2D eigenvalue weighted by molar-refractivity contribution is -0.162. The third kappa shape index (κ3) is 2.24. The van der Waals surface area contributed by atoms with Gasteiger partial charge in [0.25, 0.3) is 0 Å². The van der Waals surface area contributed by atoms with Gasteiger partial charge in [0.15, 0.2) is 5.79 Å². The second-order valence-electron chi connectivity index (χ2n) is 4.08. The van der Waals surface area contributed by atoms with Crippen LogP contribution in [0.3, 0.4) is 0 Å². The first-order valence-electron chi connectivity index (χ1n) is 5.42. The van der Waals surface area contributed by atoms with Gasteiger partial charge in [-0.15, -0.1) is 0 Å². The fraction of sp³-hybridized carbons (Fsp3) is 0.500. The summed E-state index contributed by atoms with van der Waals surface area (Å²) in [6, 6.07) is 6.17. The first kappa shape index (κ1) is 11.5. The summed E-state index contributed by atoms with van der Waals surface area (Å²) in [5.74, 6) is -1.03. The highest BCUT2D eigenvalue weighted by molar-refractivity contribution is 5.21. The topological polar surface area (TPSA) is 44.5 Å². The molecule has 1 fully saturated rings. The van der Waals surface area contributed by atoms with Crippen molar-refractivity contribution >= 4 is 0 Å². The van der Waals surface area contributed by atoms with Crippen LogP contribution in [0.15, 0.2) is 24.3 Å². The van der Waals surface area contributed by atoms with E-state index in [1.54, 1.807) is 12.1 Å². The molecule has 1 aromatic rings. The van der Waals surface area contributed by atoms with Crippen LogP contribution < -0.4 is 5.73 Å². The third-order valence-corrected chi connectivity index (χ3v) is 2.79. The van der Waals surface area contributed by atoms with Crippen LogP contribution >= 0.6 is 0 Å². The molecule has 88 valence electrons. The summed E-state index contributed by atoms with van der Waals surface area (Å²) >= 11 is 0. The molecule has 0 aliphatic carbocycles. The Hall–Kier alpha value is -0.970. The van der Waals surface area contributed by atoms with Crippen molar-refractivity contribution in [3.63, 3.8) is 0 Å². The van der Waals surface area contributed by atoms with Gasteiger partial charge in [-0.2, -0.15) is 0 Å². The molecule has 1 aliphatic heterocycles. The number of rotatable bonds is 3. The van der Waals surface area contributed by atoms with Crippen molar-refractivity contribution in [2.75, 3.05) is 13.2 Å². The second kappa shape index (κ2) is 4.49. The van der Waals surface area contributed by atoms with E-state index in [4.69, 9.17) is 15.2 Å². The molecule has 16 heavy (non-hydrogen) atoms. The van der Waals surface area contributed by atoms with E-state index >= 15 is 0 Å². The van der Waals surface area contributed by atoms with Gasteiger partial charge < -0.3 is 15.2 Å². The van der Waals surface area contributed by atoms with Crippen LogP contribution in [0.25, 0.3) is 0 Å². The highest BCUT2D eigenvalue weighted by Gasteiger charge is 2.38. The SMILES string of the molecule is CC1(c2ccc(F)cc2)OCC(CCN)O1. The minimum absolute atomic E-state index is 0.0278. The molecule has 2 rings (SSSR count). The van der Waals surface area contributed by atoms with Gasteiger partial charge in [-0.05, 0) is 32.0 Å². The summed E-state index contributed by atoms with van der Waals surface area (Å²) in [5, 5.41) is 0. The number of hydrogen-bond acceptors (Lipinski definition) is 3. The molecule has 0 amide bonds. The van der Waals surface area contributed by atoms with Gasteiger partial charge in [0, 0.05) is 5.56 Å². The smallest absolute Gasteiger partial charge is 0.192 e. The van der Waals surface area contributed by atoms with Crippen LogP contribution in [0.5, 0.6) is 0 Å². The van der Waals surface area contributed by atoms with Crippen LogP contribution in [-0.2, 0) is 15.3 Å². The minimum atomic E-state index is -0.770. The van der Waals surface area contributed by atoms with Crippen molar-refractivity contribution in [2.45, 2.75) is 25.2 Å². The lowest BCUT2D eigenvalue weighted by Crippen LogP contribution is -2.24. The third-order valence-electron chi connectivity index (χ3n) is 2.79. The quantitative estimate of drug-likeness (QED) is 0.852. The number of hydrogen-bond donors (Lipinski definition) is 1. The number of benzene rings is 1. The van der Waals surface area contributed by atoms with Crippen LogP contribution in [0.1, 0.15) is 18.9 Å². The molecule has 2 unspecified atom stereocenters. The highest BCUT2D eigenvalue weighted by Crippen LogP contribution is 2.34. The molecule has 1 saturated heterocycles. The van der Waals surface area contributed by atoms with Crippen molar-refractivity contribution in [1.82, 2.24) is 0 Å². The van der Waals surface area contributed by atoms with Crippen LogP contribution in [0.4, 0.5) is 4.39 Å². The van der Waals surface area contributed by atoms with Gasteiger partial charge in [0.2, 0.25) is 0 Å². The Morgan fingerprint density at radius 2 is 2.12 bits per heavy atom. The fourth-order valence-corrected chi connectivity index (χ4v) is 1.87. The van der Waals surface area contributed by atoms with Gasteiger partial charge in [-0.1, -0.05) is 12.1 Å². The summed E-state index contributed by atoms with van der Waals surface area (Å²) < 4.78 is 24.2. The summed E-state index contributed by atoms with van der Waals surface area (Å²) in [6.45, 7) is 2.95. The van der Waals surface area contributed by atoms with Gasteiger partial charge >= 0.3 is 0 Å². The van der Waals surface area contributed by atoms with Crippen LogP contribution in [0.2, 0.25) is 0 Å². The Morgan fingerprint density at radius 1 is 1.44 bits per heavy atom. The van der Waals surface area contributed by atoms with Gasteiger partial charge in [-0.25, -0.2) is 4.39 Å². The molecule has 1 heterocycles.